The fraction of sp³-hybridized carbons (Fsp3) is 0.750. The zero-order valence-electron chi connectivity index (χ0n) is 6.88. The molecule has 0 aliphatic carbocycles. The first kappa shape index (κ1) is 9.66. The van der Waals surface area contributed by atoms with Gasteiger partial charge in [0.05, 0.1) is 6.61 Å². The lowest BCUT2D eigenvalue weighted by molar-refractivity contribution is 0.184. The summed E-state index contributed by atoms with van der Waals surface area (Å²) in [7, 11) is 0. The fourth-order valence-electron chi connectivity index (χ4n) is 0.927. The third-order valence-electron chi connectivity index (χ3n) is 1.71. The Bertz CT molecular complexity index is 93.3. The van der Waals surface area contributed by atoms with Crippen LogP contribution in [0, 0.1) is 0 Å². The minimum absolute atomic E-state index is 0.228. The van der Waals surface area contributed by atoms with Crippen molar-refractivity contribution in [2.75, 3.05) is 19.7 Å². The van der Waals surface area contributed by atoms with E-state index in [1.165, 1.54) is 0 Å². The van der Waals surface area contributed by atoms with Crippen LogP contribution < -0.4 is 0 Å². The fourth-order valence-corrected chi connectivity index (χ4v) is 0.927. The van der Waals surface area contributed by atoms with Gasteiger partial charge in [0.25, 0.3) is 0 Å². The molecule has 0 amide bonds. The third kappa shape index (κ3) is 2.99. The molecule has 0 bridgehead atoms. The van der Waals surface area contributed by atoms with Gasteiger partial charge in [0.2, 0.25) is 0 Å². The maximum atomic E-state index is 8.64. The van der Waals surface area contributed by atoms with Crippen LogP contribution in [0.15, 0.2) is 12.7 Å². The molecule has 0 heterocycles. The van der Waals surface area contributed by atoms with Gasteiger partial charge in [-0.1, -0.05) is 13.0 Å². The monoisotopic (exact) mass is 143 g/mol. The van der Waals surface area contributed by atoms with Gasteiger partial charge >= 0.3 is 0 Å². The van der Waals surface area contributed by atoms with Gasteiger partial charge in [-0.05, 0) is 13.5 Å². The number of rotatable bonds is 5. The summed E-state index contributed by atoms with van der Waals surface area (Å²) in [4.78, 5) is 2.16. The van der Waals surface area contributed by atoms with Crippen molar-refractivity contribution >= 4 is 0 Å². The molecule has 2 nitrogen and oxygen atoms in total. The minimum atomic E-state index is 0.228. The summed E-state index contributed by atoms with van der Waals surface area (Å²) in [5, 5.41) is 8.64. The minimum Gasteiger partial charge on any atom is -0.395 e. The SMILES string of the molecule is C=CC(C)N(CC)CCO. The molecule has 60 valence electrons. The molecule has 0 aromatic carbocycles. The number of hydrogen-bond donors (Lipinski definition) is 1. The van der Waals surface area contributed by atoms with E-state index in [4.69, 9.17) is 5.11 Å². The molecule has 0 rings (SSSR count). The molecule has 2 heteroatoms. The van der Waals surface area contributed by atoms with E-state index in [1.54, 1.807) is 0 Å². The van der Waals surface area contributed by atoms with Gasteiger partial charge in [0, 0.05) is 12.6 Å². The van der Waals surface area contributed by atoms with Crippen molar-refractivity contribution in [1.82, 2.24) is 4.90 Å². The van der Waals surface area contributed by atoms with Crippen molar-refractivity contribution < 1.29 is 5.11 Å². The van der Waals surface area contributed by atoms with Gasteiger partial charge < -0.3 is 5.11 Å². The summed E-state index contributed by atoms with van der Waals surface area (Å²) in [6.45, 7) is 9.78. The highest BCUT2D eigenvalue weighted by Crippen LogP contribution is 1.97. The first-order valence-electron chi connectivity index (χ1n) is 3.73. The molecule has 0 saturated heterocycles. The Kier molecular flexibility index (Phi) is 5.26. The second kappa shape index (κ2) is 5.45. The van der Waals surface area contributed by atoms with Crippen molar-refractivity contribution in [2.45, 2.75) is 19.9 Å². The summed E-state index contributed by atoms with van der Waals surface area (Å²) in [6, 6.07) is 0.372. The lowest BCUT2D eigenvalue weighted by Gasteiger charge is -2.23. The van der Waals surface area contributed by atoms with E-state index in [0.717, 1.165) is 13.1 Å². The lowest BCUT2D eigenvalue weighted by atomic mass is 10.3. The van der Waals surface area contributed by atoms with E-state index < -0.39 is 0 Å². The van der Waals surface area contributed by atoms with E-state index in [2.05, 4.69) is 25.3 Å². The molecule has 0 saturated carbocycles. The molecule has 10 heavy (non-hydrogen) atoms. The molecule has 0 fully saturated rings. The van der Waals surface area contributed by atoms with Gasteiger partial charge in [0.1, 0.15) is 0 Å². The van der Waals surface area contributed by atoms with Crippen molar-refractivity contribution in [2.24, 2.45) is 0 Å². The third-order valence-corrected chi connectivity index (χ3v) is 1.71. The van der Waals surface area contributed by atoms with E-state index in [-0.39, 0.29) is 6.61 Å². The Hall–Kier alpha value is -0.340. The van der Waals surface area contributed by atoms with E-state index in [9.17, 15) is 0 Å². The quantitative estimate of drug-likeness (QED) is 0.577. The summed E-state index contributed by atoms with van der Waals surface area (Å²) >= 11 is 0. The van der Waals surface area contributed by atoms with Gasteiger partial charge in [-0.2, -0.15) is 0 Å². The number of likely N-dealkylation sites (N-methyl/N-ethyl adjacent to an activating group) is 1. The largest absolute Gasteiger partial charge is 0.395 e. The van der Waals surface area contributed by atoms with Crippen molar-refractivity contribution in [1.29, 1.82) is 0 Å². The predicted octanol–water partition coefficient (Wildman–Crippen LogP) is 0.875. The van der Waals surface area contributed by atoms with Crippen LogP contribution in [0.2, 0.25) is 0 Å². The van der Waals surface area contributed by atoms with E-state index >= 15 is 0 Å². The average Bonchev–Trinajstić information content (AvgIpc) is 1.99. The maximum Gasteiger partial charge on any atom is 0.0558 e. The second-order valence-electron chi connectivity index (χ2n) is 2.33. The Labute approximate surface area is 63.2 Å². The molecule has 0 spiro atoms. The topological polar surface area (TPSA) is 23.5 Å². The zero-order chi connectivity index (χ0) is 7.98. The van der Waals surface area contributed by atoms with E-state index in [1.807, 2.05) is 6.08 Å². The van der Waals surface area contributed by atoms with Crippen LogP contribution in [0.5, 0.6) is 0 Å². The molecule has 1 N–H and O–H groups in total. The second-order valence-corrected chi connectivity index (χ2v) is 2.33. The standard InChI is InChI=1S/C8H17NO/c1-4-8(3)9(5-2)6-7-10/h4,8,10H,1,5-7H2,2-3H3. The molecular formula is C8H17NO. The first-order valence-corrected chi connectivity index (χ1v) is 3.73. The maximum absolute atomic E-state index is 8.64. The Balaban J connectivity index is 3.67. The van der Waals surface area contributed by atoms with Crippen molar-refractivity contribution in [3.8, 4) is 0 Å². The van der Waals surface area contributed by atoms with Gasteiger partial charge in [-0.15, -0.1) is 6.58 Å². The van der Waals surface area contributed by atoms with Gasteiger partial charge in [-0.25, -0.2) is 0 Å². The van der Waals surface area contributed by atoms with Crippen LogP contribution in [0.3, 0.4) is 0 Å². The highest BCUT2D eigenvalue weighted by molar-refractivity contribution is 4.83. The van der Waals surface area contributed by atoms with Gasteiger partial charge in [-0.3, -0.25) is 4.90 Å². The Morgan fingerprint density at radius 3 is 2.60 bits per heavy atom. The van der Waals surface area contributed by atoms with E-state index in [0.29, 0.717) is 6.04 Å². The summed E-state index contributed by atoms with van der Waals surface area (Å²) in [5.41, 5.74) is 0. The Morgan fingerprint density at radius 1 is 1.70 bits per heavy atom. The van der Waals surface area contributed by atoms with Gasteiger partial charge in [0.15, 0.2) is 0 Å². The van der Waals surface area contributed by atoms with Crippen LogP contribution in [-0.4, -0.2) is 35.7 Å². The van der Waals surface area contributed by atoms with Crippen molar-refractivity contribution in [3.05, 3.63) is 12.7 Å². The highest BCUT2D eigenvalue weighted by atomic mass is 16.3. The number of aliphatic hydroxyl groups excluding tert-OH is 1. The molecule has 0 radical (unpaired) electrons. The van der Waals surface area contributed by atoms with Crippen LogP contribution in [0.25, 0.3) is 0 Å². The van der Waals surface area contributed by atoms with Crippen LogP contribution in [-0.2, 0) is 0 Å². The smallest absolute Gasteiger partial charge is 0.0558 e. The van der Waals surface area contributed by atoms with Crippen LogP contribution in [0.4, 0.5) is 0 Å². The molecule has 1 unspecified atom stereocenters. The Morgan fingerprint density at radius 2 is 2.30 bits per heavy atom. The first-order chi connectivity index (χ1) is 4.76. The molecule has 1 atom stereocenters. The normalized spacial score (nSPS) is 13.6. The molecule has 0 aliphatic rings. The average molecular weight is 143 g/mol. The summed E-state index contributed by atoms with van der Waals surface area (Å²) in [6.07, 6.45) is 1.89. The summed E-state index contributed by atoms with van der Waals surface area (Å²) < 4.78 is 0. The number of hydrogen-bond acceptors (Lipinski definition) is 2. The zero-order valence-corrected chi connectivity index (χ0v) is 6.88. The summed E-state index contributed by atoms with van der Waals surface area (Å²) in [5.74, 6) is 0. The number of nitrogens with zero attached hydrogens (tertiary/aromatic N) is 1. The number of aliphatic hydroxyl groups is 1. The predicted molar refractivity (Wildman–Crippen MR) is 44.0 cm³/mol. The van der Waals surface area contributed by atoms with Crippen molar-refractivity contribution in [3.63, 3.8) is 0 Å². The molecule has 0 aliphatic heterocycles. The molecule has 0 aromatic rings. The van der Waals surface area contributed by atoms with Crippen LogP contribution >= 0.6 is 0 Å². The van der Waals surface area contributed by atoms with Crippen LogP contribution in [0.1, 0.15) is 13.8 Å². The highest BCUT2D eigenvalue weighted by Gasteiger charge is 2.05. The molecule has 0 aromatic heterocycles. The molecular weight excluding hydrogens is 126 g/mol. The lowest BCUT2D eigenvalue weighted by Crippen LogP contribution is -2.33.